The molecule has 0 radical (unpaired) electrons. The first-order valence-corrected chi connectivity index (χ1v) is 12.9. The summed E-state index contributed by atoms with van der Waals surface area (Å²) in [6, 6.07) is 0. The second-order valence-corrected chi connectivity index (χ2v) is 10.9. The molecule has 0 atom stereocenters. The fraction of sp³-hybridized carbons (Fsp3) is 0.609. The molecule has 0 saturated heterocycles. The van der Waals surface area contributed by atoms with Crippen LogP contribution in [0.15, 0.2) is 5.16 Å². The summed E-state index contributed by atoms with van der Waals surface area (Å²) in [5.41, 5.74) is 4.62. The maximum atomic E-state index is 6.20. The van der Waals surface area contributed by atoms with Gasteiger partial charge in [-0.2, -0.15) is 0 Å². The molecule has 0 saturated carbocycles. The van der Waals surface area contributed by atoms with Gasteiger partial charge in [0.2, 0.25) is 0 Å². The Morgan fingerprint density at radius 2 is 2.03 bits per heavy atom. The molecule has 1 aliphatic rings. The minimum absolute atomic E-state index is 0.193. The largest absolute Gasteiger partial charge is 0.385 e. The SMILES string of the molecule is COCCCNc1nc(SC)nc2c1sc1nc(CC(C)C)c3c(c12)CC(C)(C)OC3. The van der Waals surface area contributed by atoms with Crippen molar-refractivity contribution < 1.29 is 9.47 Å². The summed E-state index contributed by atoms with van der Waals surface area (Å²) in [7, 11) is 1.73. The summed E-state index contributed by atoms with van der Waals surface area (Å²) in [6.07, 6.45) is 4.78. The van der Waals surface area contributed by atoms with Crippen molar-refractivity contribution in [2.24, 2.45) is 5.92 Å². The Kier molecular flexibility index (Phi) is 6.72. The predicted octanol–water partition coefficient (Wildman–Crippen LogP) is 5.46. The van der Waals surface area contributed by atoms with Crippen LogP contribution in [0.5, 0.6) is 0 Å². The molecular weight excluding hydrogens is 428 g/mol. The van der Waals surface area contributed by atoms with E-state index in [9.17, 15) is 0 Å². The van der Waals surface area contributed by atoms with Gasteiger partial charge in [-0.1, -0.05) is 25.6 Å². The van der Waals surface area contributed by atoms with E-state index in [-0.39, 0.29) is 5.60 Å². The Morgan fingerprint density at radius 1 is 1.23 bits per heavy atom. The van der Waals surface area contributed by atoms with E-state index >= 15 is 0 Å². The topological polar surface area (TPSA) is 69.2 Å². The number of ether oxygens (including phenoxy) is 2. The maximum absolute atomic E-state index is 6.20. The van der Waals surface area contributed by atoms with Crippen molar-refractivity contribution in [1.82, 2.24) is 15.0 Å². The lowest BCUT2D eigenvalue weighted by Crippen LogP contribution is -2.33. The molecule has 1 N–H and O–H groups in total. The minimum Gasteiger partial charge on any atom is -0.385 e. The number of thiophene rings is 1. The normalized spacial score (nSPS) is 15.7. The van der Waals surface area contributed by atoms with Crippen molar-refractivity contribution in [3.05, 3.63) is 16.8 Å². The summed E-state index contributed by atoms with van der Waals surface area (Å²) in [5, 5.41) is 5.49. The maximum Gasteiger partial charge on any atom is 0.189 e. The van der Waals surface area contributed by atoms with Crippen LogP contribution in [0.2, 0.25) is 0 Å². The van der Waals surface area contributed by atoms with Crippen LogP contribution in [0.25, 0.3) is 20.4 Å². The number of nitrogens with one attached hydrogen (secondary N) is 1. The van der Waals surface area contributed by atoms with Crippen LogP contribution in [0, 0.1) is 5.92 Å². The molecule has 0 unspecified atom stereocenters. The van der Waals surface area contributed by atoms with E-state index in [0.29, 0.717) is 12.5 Å². The summed E-state index contributed by atoms with van der Waals surface area (Å²) >= 11 is 3.28. The smallest absolute Gasteiger partial charge is 0.189 e. The number of anilines is 1. The van der Waals surface area contributed by atoms with Gasteiger partial charge in [0.25, 0.3) is 0 Å². The molecule has 3 aromatic heterocycles. The minimum atomic E-state index is -0.193. The van der Waals surface area contributed by atoms with Gasteiger partial charge in [0.05, 0.1) is 22.4 Å². The standard InChI is InChI=1S/C23H32N4O2S2/c1-13(2)10-16-15-12-29-23(3,4)11-14(15)17-18-19(31-21(17)25-16)20(24-8-7-9-28-5)27-22(26-18)30-6/h13H,7-12H2,1-6H3,(H,24,26,27). The molecular formula is C23H32N4O2S2. The van der Waals surface area contributed by atoms with E-state index in [1.54, 1.807) is 30.2 Å². The molecule has 0 aromatic carbocycles. The van der Waals surface area contributed by atoms with E-state index in [4.69, 9.17) is 24.4 Å². The van der Waals surface area contributed by atoms with Crippen molar-refractivity contribution in [2.75, 3.05) is 31.8 Å². The second kappa shape index (κ2) is 9.17. The first-order valence-electron chi connectivity index (χ1n) is 10.9. The molecule has 31 heavy (non-hydrogen) atoms. The van der Waals surface area contributed by atoms with Crippen molar-refractivity contribution in [3.8, 4) is 0 Å². The summed E-state index contributed by atoms with van der Waals surface area (Å²) in [6.45, 7) is 11.0. The highest BCUT2D eigenvalue weighted by molar-refractivity contribution is 7.98. The lowest BCUT2D eigenvalue weighted by molar-refractivity contribution is -0.0402. The third-order valence-electron chi connectivity index (χ3n) is 5.56. The number of thioether (sulfide) groups is 1. The Bertz CT molecular complexity index is 1090. The van der Waals surface area contributed by atoms with Gasteiger partial charge in [0, 0.05) is 43.3 Å². The molecule has 0 spiro atoms. The average Bonchev–Trinajstić information content (AvgIpc) is 3.08. The number of aromatic nitrogens is 3. The van der Waals surface area contributed by atoms with Crippen LogP contribution < -0.4 is 5.32 Å². The zero-order valence-electron chi connectivity index (χ0n) is 19.3. The van der Waals surface area contributed by atoms with E-state index < -0.39 is 0 Å². The van der Waals surface area contributed by atoms with Gasteiger partial charge in [0.1, 0.15) is 10.6 Å². The number of fused-ring (bicyclic) bond motifs is 5. The first kappa shape index (κ1) is 22.7. The summed E-state index contributed by atoms with van der Waals surface area (Å²) < 4.78 is 12.5. The molecule has 3 aromatic rings. The van der Waals surface area contributed by atoms with Gasteiger partial charge >= 0.3 is 0 Å². The molecule has 168 valence electrons. The van der Waals surface area contributed by atoms with E-state index in [1.807, 2.05) is 6.26 Å². The Morgan fingerprint density at radius 3 is 2.74 bits per heavy atom. The van der Waals surface area contributed by atoms with Gasteiger partial charge in [-0.05, 0) is 44.4 Å². The Labute approximate surface area is 192 Å². The van der Waals surface area contributed by atoms with Crippen LogP contribution in [-0.4, -0.2) is 47.1 Å². The molecule has 4 heterocycles. The molecule has 6 nitrogen and oxygen atoms in total. The summed E-state index contributed by atoms with van der Waals surface area (Å²) in [4.78, 5) is 15.9. The van der Waals surface area contributed by atoms with Crippen LogP contribution in [0.4, 0.5) is 5.82 Å². The highest BCUT2D eigenvalue weighted by atomic mass is 32.2. The van der Waals surface area contributed by atoms with E-state index in [1.165, 1.54) is 22.2 Å². The van der Waals surface area contributed by atoms with Crippen molar-refractivity contribution in [3.63, 3.8) is 0 Å². The third kappa shape index (κ3) is 4.67. The van der Waals surface area contributed by atoms with Crippen molar-refractivity contribution in [1.29, 1.82) is 0 Å². The molecule has 0 fully saturated rings. The average molecular weight is 461 g/mol. The van der Waals surface area contributed by atoms with Crippen LogP contribution in [0.3, 0.4) is 0 Å². The summed E-state index contributed by atoms with van der Waals surface area (Å²) in [5.74, 6) is 1.44. The first-order chi connectivity index (χ1) is 14.8. The molecule has 8 heteroatoms. The Balaban J connectivity index is 1.93. The fourth-order valence-electron chi connectivity index (χ4n) is 4.11. The number of rotatable bonds is 8. The highest BCUT2D eigenvalue weighted by Crippen LogP contribution is 2.43. The van der Waals surface area contributed by atoms with Crippen LogP contribution in [-0.2, 0) is 28.9 Å². The zero-order valence-corrected chi connectivity index (χ0v) is 20.9. The highest BCUT2D eigenvalue weighted by Gasteiger charge is 2.32. The number of methoxy groups -OCH3 is 1. The Hall–Kier alpha value is -1.48. The zero-order chi connectivity index (χ0) is 22.2. The molecule has 4 rings (SSSR count). The van der Waals surface area contributed by atoms with E-state index in [0.717, 1.165) is 58.4 Å². The van der Waals surface area contributed by atoms with E-state index in [2.05, 4.69) is 33.0 Å². The van der Waals surface area contributed by atoms with Gasteiger partial charge < -0.3 is 14.8 Å². The second-order valence-electron chi connectivity index (χ2n) is 9.13. The van der Waals surface area contributed by atoms with Gasteiger partial charge in [0.15, 0.2) is 5.16 Å². The number of pyridine rings is 1. The number of nitrogens with zero attached hydrogens (tertiary/aromatic N) is 3. The monoisotopic (exact) mass is 460 g/mol. The predicted molar refractivity (Wildman–Crippen MR) is 131 cm³/mol. The molecule has 0 aliphatic carbocycles. The van der Waals surface area contributed by atoms with Gasteiger partial charge in [-0.15, -0.1) is 11.3 Å². The third-order valence-corrected chi connectivity index (χ3v) is 7.18. The molecule has 0 amide bonds. The number of hydrogen-bond acceptors (Lipinski definition) is 8. The van der Waals surface area contributed by atoms with Crippen LogP contribution in [0.1, 0.15) is 50.9 Å². The van der Waals surface area contributed by atoms with Crippen molar-refractivity contribution in [2.45, 2.75) is 64.3 Å². The quantitative estimate of drug-likeness (QED) is 0.272. The lowest BCUT2D eigenvalue weighted by Gasteiger charge is -2.33. The van der Waals surface area contributed by atoms with Crippen LogP contribution >= 0.6 is 23.1 Å². The van der Waals surface area contributed by atoms with Gasteiger partial charge in [-0.25, -0.2) is 15.0 Å². The number of hydrogen-bond donors (Lipinski definition) is 1. The molecule has 0 bridgehead atoms. The lowest BCUT2D eigenvalue weighted by atomic mass is 9.88. The van der Waals surface area contributed by atoms with Gasteiger partial charge in [-0.3, -0.25) is 0 Å². The van der Waals surface area contributed by atoms with Crippen molar-refractivity contribution >= 4 is 49.3 Å². The fourth-order valence-corrected chi connectivity index (χ4v) is 5.61. The molecule has 1 aliphatic heterocycles.